The second-order valence-electron chi connectivity index (χ2n) is 2.92. The van der Waals surface area contributed by atoms with Gasteiger partial charge >= 0.3 is 6.61 Å². The van der Waals surface area contributed by atoms with Gasteiger partial charge < -0.3 is 4.74 Å². The molecule has 0 fully saturated rings. The molecule has 3 nitrogen and oxygen atoms in total. The first-order valence-corrected chi connectivity index (χ1v) is 4.58. The molecule has 0 heterocycles. The number of halogens is 3. The minimum absolute atomic E-state index is 0.00159. The van der Waals surface area contributed by atoms with Crippen LogP contribution in [0, 0.1) is 0 Å². The molecule has 0 radical (unpaired) electrons. The molecule has 1 aromatic carbocycles. The number of ketones is 1. The van der Waals surface area contributed by atoms with E-state index < -0.39 is 12.4 Å². The first-order valence-electron chi connectivity index (χ1n) is 4.20. The molecule has 0 unspecified atom stereocenters. The van der Waals surface area contributed by atoms with Gasteiger partial charge in [0.1, 0.15) is 5.75 Å². The SMILES string of the molecule is CC(=O)c1c(Cl)cc(OC(F)F)cc1C=O. The van der Waals surface area contributed by atoms with Crippen LogP contribution in [0.1, 0.15) is 27.6 Å². The average Bonchev–Trinajstić information content (AvgIpc) is 2.14. The van der Waals surface area contributed by atoms with E-state index in [9.17, 15) is 18.4 Å². The second kappa shape index (κ2) is 5.03. The summed E-state index contributed by atoms with van der Waals surface area (Å²) in [7, 11) is 0. The average molecular weight is 249 g/mol. The van der Waals surface area contributed by atoms with Gasteiger partial charge in [-0.3, -0.25) is 9.59 Å². The number of Topliss-reactive ketones (excluding diaryl/α,β-unsaturated/α-hetero) is 1. The van der Waals surface area contributed by atoms with Gasteiger partial charge in [0.15, 0.2) is 12.1 Å². The van der Waals surface area contributed by atoms with Crippen LogP contribution in [-0.2, 0) is 0 Å². The summed E-state index contributed by atoms with van der Waals surface area (Å²) in [6.07, 6.45) is 0.362. The Morgan fingerprint density at radius 3 is 2.56 bits per heavy atom. The fourth-order valence-electron chi connectivity index (χ4n) is 1.24. The molecule has 0 bridgehead atoms. The number of benzene rings is 1. The Labute approximate surface area is 95.0 Å². The summed E-state index contributed by atoms with van der Waals surface area (Å²) in [5.74, 6) is -0.678. The zero-order chi connectivity index (χ0) is 12.3. The summed E-state index contributed by atoms with van der Waals surface area (Å²) in [6, 6.07) is 2.11. The van der Waals surface area contributed by atoms with Gasteiger partial charge in [0.05, 0.1) is 5.02 Å². The number of ether oxygens (including phenoxy) is 1. The van der Waals surface area contributed by atoms with E-state index in [2.05, 4.69) is 4.74 Å². The zero-order valence-electron chi connectivity index (χ0n) is 8.17. The smallest absolute Gasteiger partial charge is 0.387 e. The predicted octanol–water partition coefficient (Wildman–Crippen LogP) is 2.96. The van der Waals surface area contributed by atoms with Gasteiger partial charge in [0.25, 0.3) is 0 Å². The summed E-state index contributed by atoms with van der Waals surface area (Å²) >= 11 is 5.69. The minimum Gasteiger partial charge on any atom is -0.435 e. The third-order valence-corrected chi connectivity index (χ3v) is 2.10. The molecule has 1 rings (SSSR count). The van der Waals surface area contributed by atoms with Gasteiger partial charge in [-0.2, -0.15) is 8.78 Å². The molecule has 0 amide bonds. The van der Waals surface area contributed by atoms with E-state index in [1.54, 1.807) is 0 Å². The Hall–Kier alpha value is -1.49. The van der Waals surface area contributed by atoms with E-state index in [-0.39, 0.29) is 21.9 Å². The van der Waals surface area contributed by atoms with Gasteiger partial charge in [-0.05, 0) is 19.1 Å². The van der Waals surface area contributed by atoms with E-state index in [0.29, 0.717) is 6.29 Å². The molecule has 0 aliphatic rings. The van der Waals surface area contributed by atoms with Crippen molar-refractivity contribution in [1.82, 2.24) is 0 Å². The standard InChI is InChI=1S/C10H7ClF2O3/c1-5(15)9-6(4-14)2-7(3-8(9)11)16-10(12)13/h2-4,10H,1H3. The number of hydrogen-bond donors (Lipinski definition) is 0. The summed E-state index contributed by atoms with van der Waals surface area (Å²) in [4.78, 5) is 21.8. The number of rotatable bonds is 4. The lowest BCUT2D eigenvalue weighted by Gasteiger charge is -2.08. The molecule has 0 saturated carbocycles. The Balaban J connectivity index is 3.26. The summed E-state index contributed by atoms with van der Waals surface area (Å²) in [5.41, 5.74) is -0.0751. The molecule has 0 aliphatic carbocycles. The number of carbonyl (C=O) groups is 2. The lowest BCUT2D eigenvalue weighted by atomic mass is 10.0. The third-order valence-electron chi connectivity index (χ3n) is 1.80. The number of hydrogen-bond acceptors (Lipinski definition) is 3. The number of aldehydes is 1. The van der Waals surface area contributed by atoms with Crippen molar-refractivity contribution < 1.29 is 23.1 Å². The van der Waals surface area contributed by atoms with Crippen LogP contribution in [0.2, 0.25) is 5.02 Å². The Morgan fingerprint density at radius 1 is 1.50 bits per heavy atom. The van der Waals surface area contributed by atoms with Crippen LogP contribution in [0.15, 0.2) is 12.1 Å². The third kappa shape index (κ3) is 2.76. The zero-order valence-corrected chi connectivity index (χ0v) is 8.92. The van der Waals surface area contributed by atoms with Crippen molar-refractivity contribution in [3.63, 3.8) is 0 Å². The van der Waals surface area contributed by atoms with Gasteiger partial charge in [0.2, 0.25) is 0 Å². The second-order valence-corrected chi connectivity index (χ2v) is 3.33. The molecule has 0 spiro atoms. The van der Waals surface area contributed by atoms with E-state index in [1.807, 2.05) is 0 Å². The van der Waals surface area contributed by atoms with Gasteiger partial charge in [-0.25, -0.2) is 0 Å². The maximum Gasteiger partial charge on any atom is 0.387 e. The van der Waals surface area contributed by atoms with Crippen molar-refractivity contribution >= 4 is 23.7 Å². The molecule has 6 heteroatoms. The molecule has 1 aromatic rings. The molecule has 0 saturated heterocycles. The van der Waals surface area contributed by atoms with Crippen LogP contribution < -0.4 is 4.74 Å². The van der Waals surface area contributed by atoms with Crippen LogP contribution in [-0.4, -0.2) is 18.7 Å². The molecular formula is C10H7ClF2O3. The quantitative estimate of drug-likeness (QED) is 0.608. The lowest BCUT2D eigenvalue weighted by molar-refractivity contribution is -0.0498. The number of carbonyl (C=O) groups excluding carboxylic acids is 2. The normalized spacial score (nSPS) is 10.3. The van der Waals surface area contributed by atoms with E-state index in [4.69, 9.17) is 11.6 Å². The molecule has 86 valence electrons. The predicted molar refractivity (Wildman–Crippen MR) is 53.5 cm³/mol. The van der Waals surface area contributed by atoms with E-state index in [0.717, 1.165) is 12.1 Å². The van der Waals surface area contributed by atoms with Gasteiger partial charge in [-0.1, -0.05) is 11.6 Å². The fourth-order valence-corrected chi connectivity index (χ4v) is 1.59. The Kier molecular flexibility index (Phi) is 3.95. The number of alkyl halides is 2. The van der Waals surface area contributed by atoms with Gasteiger partial charge in [0, 0.05) is 11.1 Å². The summed E-state index contributed by atoms with van der Waals surface area (Å²) in [5, 5.41) is -0.0900. The van der Waals surface area contributed by atoms with Crippen LogP contribution in [0.3, 0.4) is 0 Å². The first-order chi connectivity index (χ1) is 7.45. The highest BCUT2D eigenvalue weighted by Crippen LogP contribution is 2.27. The molecule has 0 N–H and O–H groups in total. The molecule has 0 aromatic heterocycles. The molecular weight excluding hydrogens is 242 g/mol. The van der Waals surface area contributed by atoms with Crippen molar-refractivity contribution in [1.29, 1.82) is 0 Å². The van der Waals surface area contributed by atoms with Crippen molar-refractivity contribution in [2.75, 3.05) is 0 Å². The maximum atomic E-state index is 11.9. The van der Waals surface area contributed by atoms with Crippen LogP contribution in [0.25, 0.3) is 0 Å². The monoisotopic (exact) mass is 248 g/mol. The Morgan fingerprint density at radius 2 is 2.12 bits per heavy atom. The highest BCUT2D eigenvalue weighted by atomic mass is 35.5. The van der Waals surface area contributed by atoms with Gasteiger partial charge in [-0.15, -0.1) is 0 Å². The highest BCUT2D eigenvalue weighted by molar-refractivity contribution is 6.34. The largest absolute Gasteiger partial charge is 0.435 e. The highest BCUT2D eigenvalue weighted by Gasteiger charge is 2.15. The topological polar surface area (TPSA) is 43.4 Å². The Bertz CT molecular complexity index is 432. The molecule has 0 aliphatic heterocycles. The minimum atomic E-state index is -3.02. The molecule has 16 heavy (non-hydrogen) atoms. The lowest BCUT2D eigenvalue weighted by Crippen LogP contribution is -2.05. The van der Waals surface area contributed by atoms with Crippen molar-refractivity contribution in [2.45, 2.75) is 13.5 Å². The molecule has 0 atom stereocenters. The van der Waals surface area contributed by atoms with Crippen molar-refractivity contribution in [3.8, 4) is 5.75 Å². The van der Waals surface area contributed by atoms with Crippen LogP contribution in [0.4, 0.5) is 8.78 Å². The summed E-state index contributed by atoms with van der Waals surface area (Å²) < 4.78 is 27.9. The van der Waals surface area contributed by atoms with Crippen LogP contribution in [0.5, 0.6) is 5.75 Å². The summed E-state index contributed by atoms with van der Waals surface area (Å²) in [6.45, 7) is -1.79. The van der Waals surface area contributed by atoms with E-state index >= 15 is 0 Å². The first kappa shape index (κ1) is 12.6. The van der Waals surface area contributed by atoms with Crippen molar-refractivity contribution in [2.24, 2.45) is 0 Å². The fraction of sp³-hybridized carbons (Fsp3) is 0.200. The van der Waals surface area contributed by atoms with Crippen molar-refractivity contribution in [3.05, 3.63) is 28.3 Å². The van der Waals surface area contributed by atoms with Crippen LogP contribution >= 0.6 is 11.6 Å². The maximum absolute atomic E-state index is 11.9. The van der Waals surface area contributed by atoms with E-state index in [1.165, 1.54) is 6.92 Å².